The van der Waals surface area contributed by atoms with E-state index in [1.165, 1.54) is 6.07 Å². The molecule has 3 nitrogen and oxygen atoms in total. The highest BCUT2D eigenvalue weighted by Gasteiger charge is 2.73. The molecular weight excluding hydrogens is 393 g/mol. The summed E-state index contributed by atoms with van der Waals surface area (Å²) in [5.41, 5.74) is -6.02. The predicted octanol–water partition coefficient (Wildman–Crippen LogP) is 4.95. The molecule has 2 aromatic rings. The normalized spacial score (nSPS) is 12.6. The van der Waals surface area contributed by atoms with Gasteiger partial charge in [0.2, 0.25) is 0 Å². The number of hydrogen-bond acceptors (Lipinski definition) is 2. The van der Waals surface area contributed by atoms with Gasteiger partial charge < -0.3 is 10.6 Å². The number of carbonyl (C=O) groups excluding carboxylic acids is 1. The maximum absolute atomic E-state index is 14.0. The summed E-state index contributed by atoms with van der Waals surface area (Å²) in [6.45, 7) is -0.172. The lowest BCUT2D eigenvalue weighted by Gasteiger charge is -2.30. The van der Waals surface area contributed by atoms with Gasteiger partial charge in [-0.3, -0.25) is 4.79 Å². The average molecular weight is 408 g/mol. The number of alkyl halides is 7. The van der Waals surface area contributed by atoms with Crippen LogP contribution in [-0.2, 0) is 12.2 Å². The van der Waals surface area contributed by atoms with Crippen LogP contribution in [0.2, 0.25) is 0 Å². The number of halogens is 7. The Labute approximate surface area is 155 Å². The second kappa shape index (κ2) is 7.69. The largest absolute Gasteiger partial charge is 0.435 e. The van der Waals surface area contributed by atoms with Gasteiger partial charge in [-0.15, -0.1) is 0 Å². The van der Waals surface area contributed by atoms with Gasteiger partial charge in [0, 0.05) is 24.8 Å². The van der Waals surface area contributed by atoms with Crippen molar-refractivity contribution in [2.75, 3.05) is 12.4 Å². The zero-order chi connectivity index (χ0) is 21.2. The summed E-state index contributed by atoms with van der Waals surface area (Å²) in [7, 11) is 1.61. The van der Waals surface area contributed by atoms with Gasteiger partial charge in [0.15, 0.2) is 0 Å². The van der Waals surface area contributed by atoms with Gasteiger partial charge in [-0.1, -0.05) is 36.4 Å². The van der Waals surface area contributed by atoms with Gasteiger partial charge in [0.05, 0.1) is 5.56 Å². The molecule has 1 amide bonds. The summed E-state index contributed by atoms with van der Waals surface area (Å²) in [5, 5.41) is 5.30. The smallest absolute Gasteiger partial charge is 0.387 e. The first kappa shape index (κ1) is 21.5. The van der Waals surface area contributed by atoms with Crippen molar-refractivity contribution in [3.05, 3.63) is 65.2 Å². The van der Waals surface area contributed by atoms with Crippen molar-refractivity contribution in [3.63, 3.8) is 0 Å². The molecule has 152 valence electrons. The first-order chi connectivity index (χ1) is 12.9. The Bertz CT molecular complexity index is 815. The molecule has 0 radical (unpaired) electrons. The van der Waals surface area contributed by atoms with E-state index in [0.29, 0.717) is 23.4 Å². The van der Waals surface area contributed by atoms with Crippen LogP contribution in [0.5, 0.6) is 0 Å². The monoisotopic (exact) mass is 408 g/mol. The van der Waals surface area contributed by atoms with Crippen LogP contribution in [0.3, 0.4) is 0 Å². The SMILES string of the molecule is CNc1ccccc1C(=O)NCc1ccc(C(F)(C(F)(F)F)C(F)(F)F)cc1. The van der Waals surface area contributed by atoms with E-state index in [-0.39, 0.29) is 12.1 Å². The molecule has 0 saturated carbocycles. The number of anilines is 1. The minimum Gasteiger partial charge on any atom is -0.387 e. The summed E-state index contributed by atoms with van der Waals surface area (Å²) in [5.74, 6) is -0.501. The Hall–Kier alpha value is -2.78. The van der Waals surface area contributed by atoms with Crippen molar-refractivity contribution in [2.45, 2.75) is 24.6 Å². The van der Waals surface area contributed by atoms with Crippen LogP contribution in [0.25, 0.3) is 0 Å². The lowest BCUT2D eigenvalue weighted by Crippen LogP contribution is -2.50. The molecule has 10 heteroatoms. The van der Waals surface area contributed by atoms with E-state index in [1.54, 1.807) is 25.2 Å². The first-order valence-electron chi connectivity index (χ1n) is 7.88. The summed E-state index contributed by atoms with van der Waals surface area (Å²) < 4.78 is 90.4. The minimum absolute atomic E-state index is 0.172. The molecule has 0 aromatic heterocycles. The highest BCUT2D eigenvalue weighted by Crippen LogP contribution is 2.53. The lowest BCUT2D eigenvalue weighted by atomic mass is 9.93. The van der Waals surface area contributed by atoms with Crippen molar-refractivity contribution >= 4 is 11.6 Å². The van der Waals surface area contributed by atoms with E-state index in [0.717, 1.165) is 12.1 Å². The lowest BCUT2D eigenvalue weighted by molar-refractivity contribution is -0.348. The van der Waals surface area contributed by atoms with Gasteiger partial charge >= 0.3 is 18.0 Å². The molecule has 2 aromatic carbocycles. The molecule has 0 saturated heterocycles. The van der Waals surface area contributed by atoms with E-state index in [1.807, 2.05) is 0 Å². The fourth-order valence-corrected chi connectivity index (χ4v) is 2.52. The molecule has 0 atom stereocenters. The van der Waals surface area contributed by atoms with Crippen molar-refractivity contribution in [1.29, 1.82) is 0 Å². The van der Waals surface area contributed by atoms with Gasteiger partial charge in [-0.05, 0) is 17.7 Å². The van der Waals surface area contributed by atoms with Gasteiger partial charge in [-0.25, -0.2) is 4.39 Å². The van der Waals surface area contributed by atoms with Crippen LogP contribution in [0, 0.1) is 0 Å². The minimum atomic E-state index is -6.17. The fraction of sp³-hybridized carbons (Fsp3) is 0.278. The third-order valence-corrected chi connectivity index (χ3v) is 4.03. The molecule has 2 N–H and O–H groups in total. The quantitative estimate of drug-likeness (QED) is 0.688. The molecule has 0 bridgehead atoms. The third-order valence-electron chi connectivity index (χ3n) is 4.03. The van der Waals surface area contributed by atoms with Gasteiger partial charge in [0.25, 0.3) is 5.91 Å². The molecule has 0 aliphatic carbocycles. The van der Waals surface area contributed by atoms with E-state index in [9.17, 15) is 35.5 Å². The van der Waals surface area contributed by atoms with Crippen molar-refractivity contribution < 1.29 is 35.5 Å². The van der Waals surface area contributed by atoms with E-state index in [2.05, 4.69) is 10.6 Å². The van der Waals surface area contributed by atoms with Crippen LogP contribution >= 0.6 is 0 Å². The maximum Gasteiger partial charge on any atom is 0.435 e. The number of amides is 1. The molecule has 0 fully saturated rings. The second-order valence-electron chi connectivity index (χ2n) is 5.83. The van der Waals surface area contributed by atoms with Crippen molar-refractivity contribution in [2.24, 2.45) is 0 Å². The maximum atomic E-state index is 14.0. The van der Waals surface area contributed by atoms with Crippen LogP contribution < -0.4 is 10.6 Å². The topological polar surface area (TPSA) is 41.1 Å². The Morgan fingerprint density at radius 1 is 0.857 bits per heavy atom. The molecule has 28 heavy (non-hydrogen) atoms. The van der Waals surface area contributed by atoms with Crippen LogP contribution in [0.1, 0.15) is 21.5 Å². The molecule has 0 unspecified atom stereocenters. The van der Waals surface area contributed by atoms with E-state index in [4.69, 9.17) is 0 Å². The summed E-state index contributed by atoms with van der Waals surface area (Å²) in [6.07, 6.45) is -12.3. The Balaban J connectivity index is 2.18. The van der Waals surface area contributed by atoms with E-state index < -0.39 is 29.5 Å². The van der Waals surface area contributed by atoms with Crippen molar-refractivity contribution in [3.8, 4) is 0 Å². The zero-order valence-electron chi connectivity index (χ0n) is 14.4. The summed E-state index contributed by atoms with van der Waals surface area (Å²) in [4.78, 5) is 12.2. The molecule has 0 aliphatic rings. The second-order valence-corrected chi connectivity index (χ2v) is 5.83. The number of nitrogens with one attached hydrogen (secondary N) is 2. The summed E-state index contributed by atoms with van der Waals surface area (Å²) in [6, 6.07) is 9.11. The first-order valence-corrected chi connectivity index (χ1v) is 7.88. The molecule has 0 heterocycles. The van der Waals surface area contributed by atoms with Crippen molar-refractivity contribution in [1.82, 2.24) is 5.32 Å². The van der Waals surface area contributed by atoms with Crippen LogP contribution in [0.4, 0.5) is 36.4 Å². The third kappa shape index (κ3) is 4.05. The average Bonchev–Trinajstić information content (AvgIpc) is 2.64. The van der Waals surface area contributed by atoms with E-state index >= 15 is 0 Å². The Kier molecular flexibility index (Phi) is 5.91. The Morgan fingerprint density at radius 2 is 1.39 bits per heavy atom. The standard InChI is InChI=1S/C18H15F7N2O/c1-26-14-5-3-2-4-13(14)15(28)27-10-11-6-8-12(9-7-11)16(19,17(20,21)22)18(23,24)25/h2-9,26H,10H2,1H3,(H,27,28). The number of benzene rings is 2. The zero-order valence-corrected chi connectivity index (χ0v) is 14.4. The number of rotatable bonds is 5. The van der Waals surface area contributed by atoms with Gasteiger partial charge in [-0.2, -0.15) is 26.3 Å². The number of para-hydroxylation sites is 1. The molecular formula is C18H15F7N2O. The van der Waals surface area contributed by atoms with Crippen LogP contribution in [-0.4, -0.2) is 25.3 Å². The van der Waals surface area contributed by atoms with Crippen LogP contribution in [0.15, 0.2) is 48.5 Å². The molecule has 0 spiro atoms. The molecule has 0 aliphatic heterocycles. The fourth-order valence-electron chi connectivity index (χ4n) is 2.52. The van der Waals surface area contributed by atoms with Gasteiger partial charge in [0.1, 0.15) is 0 Å². The summed E-state index contributed by atoms with van der Waals surface area (Å²) >= 11 is 0. The molecule has 2 rings (SSSR count). The highest BCUT2D eigenvalue weighted by molar-refractivity contribution is 5.99. The number of carbonyl (C=O) groups is 1. The highest BCUT2D eigenvalue weighted by atomic mass is 19.4. The predicted molar refractivity (Wildman–Crippen MR) is 88.5 cm³/mol. The number of hydrogen-bond donors (Lipinski definition) is 2. The Morgan fingerprint density at radius 3 is 1.89 bits per heavy atom.